The third-order valence-corrected chi connectivity index (χ3v) is 3.41. The summed E-state index contributed by atoms with van der Waals surface area (Å²) in [6.45, 7) is 0. The van der Waals surface area contributed by atoms with E-state index in [-0.39, 0.29) is 0 Å². The Balaban J connectivity index is 2.15. The number of benzene rings is 2. The number of aromatic nitrogens is 1. The molecule has 1 heterocycles. The monoisotopic (exact) mass is 277 g/mol. The maximum absolute atomic E-state index is 12.1. The first-order chi connectivity index (χ1) is 10.3. The first-order valence-electron chi connectivity index (χ1n) is 6.71. The standard InChI is InChI=1S/C18H15NO2/c1-21-18-10-6-5-9-16(18)17-13-15(11-12-19(17)20)14-7-3-2-4-8-14/h2-13H,1H3. The molecule has 2 aromatic carbocycles. The van der Waals surface area contributed by atoms with Gasteiger partial charge >= 0.3 is 0 Å². The summed E-state index contributed by atoms with van der Waals surface area (Å²) in [5, 5.41) is 12.1. The molecule has 3 heteroatoms. The Labute approximate surface area is 123 Å². The first-order valence-corrected chi connectivity index (χ1v) is 6.71. The molecule has 21 heavy (non-hydrogen) atoms. The number of rotatable bonds is 3. The van der Waals surface area contributed by atoms with Crippen molar-refractivity contribution in [3.63, 3.8) is 0 Å². The van der Waals surface area contributed by atoms with Crippen LogP contribution < -0.4 is 9.47 Å². The van der Waals surface area contributed by atoms with Gasteiger partial charge in [0.15, 0.2) is 6.20 Å². The third kappa shape index (κ3) is 2.58. The van der Waals surface area contributed by atoms with Gasteiger partial charge in [-0.05, 0) is 23.3 Å². The summed E-state index contributed by atoms with van der Waals surface area (Å²) < 4.78 is 6.21. The van der Waals surface area contributed by atoms with Gasteiger partial charge in [0.2, 0.25) is 5.69 Å². The molecule has 3 nitrogen and oxygen atoms in total. The summed E-state index contributed by atoms with van der Waals surface area (Å²) in [5.74, 6) is 0.687. The van der Waals surface area contributed by atoms with Gasteiger partial charge in [0, 0.05) is 12.1 Å². The highest BCUT2D eigenvalue weighted by molar-refractivity contribution is 5.71. The lowest BCUT2D eigenvalue weighted by Crippen LogP contribution is -2.28. The second-order valence-corrected chi connectivity index (χ2v) is 4.69. The SMILES string of the molecule is COc1ccccc1-c1cc(-c2ccccc2)cc[n+]1[O-]. The van der Waals surface area contributed by atoms with Crippen molar-refractivity contribution in [3.05, 3.63) is 78.1 Å². The number of hydrogen-bond acceptors (Lipinski definition) is 2. The van der Waals surface area contributed by atoms with Crippen molar-refractivity contribution in [1.29, 1.82) is 0 Å². The molecule has 0 amide bonds. The molecular weight excluding hydrogens is 262 g/mol. The Morgan fingerprint density at radius 3 is 2.33 bits per heavy atom. The second-order valence-electron chi connectivity index (χ2n) is 4.69. The third-order valence-electron chi connectivity index (χ3n) is 3.41. The van der Waals surface area contributed by atoms with Crippen molar-refractivity contribution in [3.8, 4) is 28.1 Å². The Morgan fingerprint density at radius 1 is 0.857 bits per heavy atom. The van der Waals surface area contributed by atoms with Crippen LogP contribution in [0.2, 0.25) is 0 Å². The molecule has 0 fully saturated rings. The Bertz CT molecular complexity index is 754. The molecule has 0 bridgehead atoms. The van der Waals surface area contributed by atoms with E-state index in [1.165, 1.54) is 6.20 Å². The zero-order valence-electron chi connectivity index (χ0n) is 11.7. The summed E-state index contributed by atoms with van der Waals surface area (Å²) in [5.41, 5.74) is 3.44. The van der Waals surface area contributed by atoms with Gasteiger partial charge in [0.05, 0.1) is 12.7 Å². The predicted molar refractivity (Wildman–Crippen MR) is 82.8 cm³/mol. The molecule has 3 aromatic rings. The molecule has 1 aromatic heterocycles. The number of nitrogens with zero attached hydrogens (tertiary/aromatic N) is 1. The second kappa shape index (κ2) is 5.67. The van der Waals surface area contributed by atoms with Gasteiger partial charge in [-0.25, -0.2) is 0 Å². The van der Waals surface area contributed by atoms with Crippen molar-refractivity contribution in [1.82, 2.24) is 0 Å². The van der Waals surface area contributed by atoms with Crippen LogP contribution >= 0.6 is 0 Å². The minimum absolute atomic E-state index is 0.578. The maximum Gasteiger partial charge on any atom is 0.228 e. The fourth-order valence-electron chi connectivity index (χ4n) is 2.35. The van der Waals surface area contributed by atoms with Crippen molar-refractivity contribution >= 4 is 0 Å². The average molecular weight is 277 g/mol. The van der Waals surface area contributed by atoms with E-state index in [1.54, 1.807) is 7.11 Å². The van der Waals surface area contributed by atoms with Crippen LogP contribution in [0.4, 0.5) is 0 Å². The fraction of sp³-hybridized carbons (Fsp3) is 0.0556. The van der Waals surface area contributed by atoms with E-state index in [1.807, 2.05) is 66.7 Å². The van der Waals surface area contributed by atoms with Crippen molar-refractivity contribution in [2.45, 2.75) is 0 Å². The molecule has 104 valence electrons. The molecule has 0 unspecified atom stereocenters. The minimum atomic E-state index is 0.578. The van der Waals surface area contributed by atoms with E-state index in [4.69, 9.17) is 4.74 Å². The lowest BCUT2D eigenvalue weighted by Gasteiger charge is -2.10. The van der Waals surface area contributed by atoms with Gasteiger partial charge in [-0.15, -0.1) is 0 Å². The Kier molecular flexibility index (Phi) is 3.56. The molecule has 0 N–H and O–H groups in total. The molecule has 3 rings (SSSR count). The normalized spacial score (nSPS) is 10.3. The molecular formula is C18H15NO2. The summed E-state index contributed by atoms with van der Waals surface area (Å²) in [7, 11) is 1.61. The fourth-order valence-corrected chi connectivity index (χ4v) is 2.35. The number of ether oxygens (including phenoxy) is 1. The van der Waals surface area contributed by atoms with E-state index in [9.17, 15) is 5.21 Å². The zero-order valence-corrected chi connectivity index (χ0v) is 11.7. The Morgan fingerprint density at radius 2 is 1.57 bits per heavy atom. The molecule has 0 aliphatic rings. The van der Waals surface area contributed by atoms with Crippen LogP contribution in [0.1, 0.15) is 0 Å². The quantitative estimate of drug-likeness (QED) is 0.541. The minimum Gasteiger partial charge on any atom is -0.618 e. The van der Waals surface area contributed by atoms with E-state index in [0.717, 1.165) is 21.4 Å². The average Bonchev–Trinajstić information content (AvgIpc) is 2.56. The molecule has 0 aliphatic heterocycles. The number of hydrogen-bond donors (Lipinski definition) is 0. The van der Waals surface area contributed by atoms with Crippen molar-refractivity contribution in [2.75, 3.05) is 7.11 Å². The predicted octanol–water partition coefficient (Wildman–Crippen LogP) is 3.66. The van der Waals surface area contributed by atoms with Gasteiger partial charge in [-0.1, -0.05) is 42.5 Å². The van der Waals surface area contributed by atoms with Gasteiger partial charge in [0.1, 0.15) is 5.75 Å². The largest absolute Gasteiger partial charge is 0.618 e. The van der Waals surface area contributed by atoms with E-state index in [0.29, 0.717) is 11.4 Å². The maximum atomic E-state index is 12.1. The summed E-state index contributed by atoms with van der Waals surface area (Å²) in [4.78, 5) is 0. The highest BCUT2D eigenvalue weighted by Gasteiger charge is 2.15. The van der Waals surface area contributed by atoms with Crippen LogP contribution in [0.25, 0.3) is 22.4 Å². The van der Waals surface area contributed by atoms with Crippen LogP contribution in [0, 0.1) is 5.21 Å². The first kappa shape index (κ1) is 13.2. The molecule has 0 radical (unpaired) electrons. The molecule has 0 atom stereocenters. The summed E-state index contributed by atoms with van der Waals surface area (Å²) >= 11 is 0. The van der Waals surface area contributed by atoms with Gasteiger partial charge in [0.25, 0.3) is 0 Å². The van der Waals surface area contributed by atoms with Crippen molar-refractivity contribution < 1.29 is 9.47 Å². The lowest BCUT2D eigenvalue weighted by molar-refractivity contribution is -0.593. The Hall–Kier alpha value is -2.81. The smallest absolute Gasteiger partial charge is 0.228 e. The van der Waals surface area contributed by atoms with Crippen LogP contribution in [-0.2, 0) is 0 Å². The molecule has 0 aliphatic carbocycles. The van der Waals surface area contributed by atoms with Crippen LogP contribution in [0.3, 0.4) is 0 Å². The summed E-state index contributed by atoms with van der Waals surface area (Å²) in [6, 6.07) is 21.2. The topological polar surface area (TPSA) is 36.2 Å². The van der Waals surface area contributed by atoms with Crippen LogP contribution in [0.5, 0.6) is 5.75 Å². The molecule has 0 spiro atoms. The number of pyridine rings is 1. The zero-order chi connectivity index (χ0) is 14.7. The van der Waals surface area contributed by atoms with E-state index >= 15 is 0 Å². The van der Waals surface area contributed by atoms with Crippen LogP contribution in [0.15, 0.2) is 72.9 Å². The lowest BCUT2D eigenvalue weighted by atomic mass is 10.0. The van der Waals surface area contributed by atoms with Gasteiger partial charge in [-0.2, -0.15) is 4.73 Å². The molecule has 0 saturated carbocycles. The number of methoxy groups -OCH3 is 1. The molecule has 0 saturated heterocycles. The highest BCUT2D eigenvalue weighted by atomic mass is 16.5. The highest BCUT2D eigenvalue weighted by Crippen LogP contribution is 2.29. The van der Waals surface area contributed by atoms with E-state index in [2.05, 4.69) is 0 Å². The van der Waals surface area contributed by atoms with Gasteiger partial charge in [-0.3, -0.25) is 0 Å². The van der Waals surface area contributed by atoms with Crippen LogP contribution in [-0.4, -0.2) is 7.11 Å². The van der Waals surface area contributed by atoms with Crippen molar-refractivity contribution in [2.24, 2.45) is 0 Å². The number of para-hydroxylation sites is 1. The van der Waals surface area contributed by atoms with Gasteiger partial charge < -0.3 is 9.94 Å². The van der Waals surface area contributed by atoms with E-state index < -0.39 is 0 Å². The summed E-state index contributed by atoms with van der Waals surface area (Å²) in [6.07, 6.45) is 1.53.